The Kier molecular flexibility index (Phi) is 3.78. The Bertz CT molecular complexity index is 518. The second-order valence-electron chi connectivity index (χ2n) is 3.73. The molecule has 0 aromatic carbocycles. The van der Waals surface area contributed by atoms with E-state index in [1.54, 1.807) is 0 Å². The number of halogens is 4. The summed E-state index contributed by atoms with van der Waals surface area (Å²) < 4.78 is 50.6. The van der Waals surface area contributed by atoms with Crippen LogP contribution in [0, 0.1) is 5.95 Å². The van der Waals surface area contributed by atoms with Crippen LogP contribution in [0.3, 0.4) is 0 Å². The number of carboxylic acids is 1. The quantitative estimate of drug-likeness (QED) is 0.647. The lowest BCUT2D eigenvalue weighted by atomic mass is 10.0. The average molecular weight is 280 g/mol. The van der Waals surface area contributed by atoms with E-state index in [1.807, 2.05) is 0 Å². The molecule has 9 heteroatoms. The molecular weight excluding hydrogens is 272 g/mol. The summed E-state index contributed by atoms with van der Waals surface area (Å²) in [6.45, 7) is 0.284. The van der Waals surface area contributed by atoms with Crippen molar-refractivity contribution in [3.63, 3.8) is 0 Å². The maximum Gasteiger partial charge on any atom is 0.422 e. The molecule has 0 fully saturated rings. The first-order valence-electron chi connectivity index (χ1n) is 4.83. The van der Waals surface area contributed by atoms with Crippen LogP contribution in [0.15, 0.2) is 18.2 Å². The number of nitrogens with zero attached hydrogens (tertiary/aromatic N) is 1. The number of aromatic nitrogens is 1. The Labute approximate surface area is 104 Å². The molecule has 19 heavy (non-hydrogen) atoms. The number of hydrogen-bond acceptors (Lipinski definition) is 3. The molecule has 0 spiro atoms. The van der Waals surface area contributed by atoms with Gasteiger partial charge in [0.05, 0.1) is 0 Å². The lowest BCUT2D eigenvalue weighted by molar-refractivity contribution is -0.203. The van der Waals surface area contributed by atoms with Crippen molar-refractivity contribution >= 4 is 11.9 Å². The Morgan fingerprint density at radius 3 is 2.32 bits per heavy atom. The van der Waals surface area contributed by atoms with Crippen LogP contribution in [0.2, 0.25) is 0 Å². The third kappa shape index (κ3) is 2.98. The summed E-state index contributed by atoms with van der Waals surface area (Å²) in [5.41, 5.74) is -4.14. The molecule has 1 rings (SSSR count). The smallest absolute Gasteiger partial charge is 0.422 e. The molecule has 1 aromatic heterocycles. The molecule has 0 aliphatic carbocycles. The number of carboxylic acid groups (broad SMARTS) is 1. The van der Waals surface area contributed by atoms with Crippen molar-refractivity contribution in [1.82, 2.24) is 10.3 Å². The molecule has 1 amide bonds. The molecule has 0 aliphatic rings. The molecule has 0 saturated heterocycles. The molecule has 2 N–H and O–H groups in total. The zero-order chi connectivity index (χ0) is 14.8. The number of carbonyl (C=O) groups is 2. The molecule has 0 aliphatic heterocycles. The van der Waals surface area contributed by atoms with E-state index in [4.69, 9.17) is 5.11 Å². The highest BCUT2D eigenvalue weighted by atomic mass is 19.4. The highest BCUT2D eigenvalue weighted by Gasteiger charge is 2.58. The largest absolute Gasteiger partial charge is 0.479 e. The van der Waals surface area contributed by atoms with Gasteiger partial charge < -0.3 is 10.4 Å². The van der Waals surface area contributed by atoms with E-state index in [0.717, 1.165) is 18.2 Å². The Morgan fingerprint density at radius 1 is 1.32 bits per heavy atom. The molecule has 1 atom stereocenters. The fourth-order valence-corrected chi connectivity index (χ4v) is 1.07. The van der Waals surface area contributed by atoms with Gasteiger partial charge in [0.15, 0.2) is 0 Å². The Hall–Kier alpha value is -2.19. The predicted molar refractivity (Wildman–Crippen MR) is 53.8 cm³/mol. The first-order chi connectivity index (χ1) is 8.58. The maximum absolute atomic E-state index is 12.7. The van der Waals surface area contributed by atoms with E-state index >= 15 is 0 Å². The van der Waals surface area contributed by atoms with Gasteiger partial charge in [0.2, 0.25) is 11.5 Å². The number of alkyl halides is 3. The van der Waals surface area contributed by atoms with Gasteiger partial charge in [0.25, 0.3) is 5.91 Å². The van der Waals surface area contributed by atoms with Crippen molar-refractivity contribution in [2.75, 3.05) is 0 Å². The van der Waals surface area contributed by atoms with Crippen molar-refractivity contribution < 1.29 is 32.3 Å². The van der Waals surface area contributed by atoms with Crippen molar-refractivity contribution in [2.24, 2.45) is 0 Å². The highest BCUT2D eigenvalue weighted by molar-refractivity contribution is 5.96. The molecule has 5 nitrogen and oxygen atoms in total. The van der Waals surface area contributed by atoms with E-state index in [-0.39, 0.29) is 6.92 Å². The van der Waals surface area contributed by atoms with Gasteiger partial charge >= 0.3 is 12.1 Å². The first-order valence-corrected chi connectivity index (χ1v) is 4.83. The van der Waals surface area contributed by atoms with E-state index in [1.165, 1.54) is 5.32 Å². The van der Waals surface area contributed by atoms with Crippen molar-refractivity contribution in [2.45, 2.75) is 18.6 Å². The number of aliphatic carboxylic acids is 1. The standard InChI is InChI=1S/C10H8F4N2O3/c1-9(8(18)19,10(12,13)14)16-7(17)5-3-2-4-6(11)15-5/h2-4H,1H3,(H,16,17)(H,18,19). The molecule has 0 bridgehead atoms. The molecule has 1 aromatic rings. The van der Waals surface area contributed by atoms with Gasteiger partial charge in [-0.2, -0.15) is 17.6 Å². The molecule has 1 heterocycles. The summed E-state index contributed by atoms with van der Waals surface area (Å²) in [6.07, 6.45) is -5.22. The molecule has 0 radical (unpaired) electrons. The summed E-state index contributed by atoms with van der Waals surface area (Å²) >= 11 is 0. The maximum atomic E-state index is 12.7. The molecule has 1 unspecified atom stereocenters. The van der Waals surface area contributed by atoms with E-state index in [9.17, 15) is 27.2 Å². The first kappa shape index (κ1) is 14.9. The minimum absolute atomic E-state index is 0.284. The Balaban J connectivity index is 3.06. The topological polar surface area (TPSA) is 79.3 Å². The lowest BCUT2D eigenvalue weighted by Gasteiger charge is -2.28. The van der Waals surface area contributed by atoms with Crippen LogP contribution in [0.25, 0.3) is 0 Å². The molecular formula is C10H8F4N2O3. The van der Waals surface area contributed by atoms with Crippen molar-refractivity contribution in [1.29, 1.82) is 0 Å². The summed E-state index contributed by atoms with van der Waals surface area (Å²) in [4.78, 5) is 25.2. The minimum Gasteiger partial charge on any atom is -0.479 e. The number of carbonyl (C=O) groups excluding carboxylic acids is 1. The van der Waals surface area contributed by atoms with Gasteiger partial charge in [-0.15, -0.1) is 0 Å². The lowest BCUT2D eigenvalue weighted by Crippen LogP contribution is -2.62. The fraction of sp³-hybridized carbons (Fsp3) is 0.300. The van der Waals surface area contributed by atoms with Crippen molar-refractivity contribution in [3.05, 3.63) is 29.8 Å². The minimum atomic E-state index is -5.22. The van der Waals surface area contributed by atoms with Gasteiger partial charge in [0.1, 0.15) is 5.69 Å². The highest BCUT2D eigenvalue weighted by Crippen LogP contribution is 2.30. The summed E-state index contributed by atoms with van der Waals surface area (Å²) in [5.74, 6) is -4.80. The van der Waals surface area contributed by atoms with E-state index < -0.39 is 35.2 Å². The monoisotopic (exact) mass is 280 g/mol. The second kappa shape index (κ2) is 4.82. The van der Waals surface area contributed by atoms with Crippen LogP contribution in [0.5, 0.6) is 0 Å². The van der Waals surface area contributed by atoms with Crippen LogP contribution in [0.4, 0.5) is 17.6 Å². The number of nitrogens with one attached hydrogen (secondary N) is 1. The van der Waals surface area contributed by atoms with Crippen LogP contribution in [0.1, 0.15) is 17.4 Å². The number of hydrogen-bond donors (Lipinski definition) is 2. The van der Waals surface area contributed by atoms with Gasteiger partial charge in [0, 0.05) is 0 Å². The third-order valence-corrected chi connectivity index (χ3v) is 2.31. The number of amides is 1. The molecule has 0 saturated carbocycles. The molecule has 104 valence electrons. The normalized spacial score (nSPS) is 14.6. The number of rotatable bonds is 3. The number of pyridine rings is 1. The predicted octanol–water partition coefficient (Wildman–Crippen LogP) is 1.36. The van der Waals surface area contributed by atoms with Gasteiger partial charge in [-0.1, -0.05) is 6.07 Å². The zero-order valence-corrected chi connectivity index (χ0v) is 9.45. The summed E-state index contributed by atoms with van der Waals surface area (Å²) in [7, 11) is 0. The van der Waals surface area contributed by atoms with Crippen LogP contribution in [-0.4, -0.2) is 33.7 Å². The van der Waals surface area contributed by atoms with Crippen LogP contribution >= 0.6 is 0 Å². The van der Waals surface area contributed by atoms with E-state index in [2.05, 4.69) is 4.98 Å². The van der Waals surface area contributed by atoms with Gasteiger partial charge in [-0.05, 0) is 19.1 Å². The van der Waals surface area contributed by atoms with Crippen molar-refractivity contribution in [3.8, 4) is 0 Å². The fourth-order valence-electron chi connectivity index (χ4n) is 1.07. The SMILES string of the molecule is CC(NC(=O)c1cccc(F)n1)(C(=O)O)C(F)(F)F. The Morgan fingerprint density at radius 2 is 1.89 bits per heavy atom. The van der Waals surface area contributed by atoms with Gasteiger partial charge in [-0.3, -0.25) is 4.79 Å². The van der Waals surface area contributed by atoms with Crippen LogP contribution in [-0.2, 0) is 4.79 Å². The summed E-state index contributed by atoms with van der Waals surface area (Å²) in [5, 5.41) is 9.87. The van der Waals surface area contributed by atoms with E-state index in [0.29, 0.717) is 0 Å². The van der Waals surface area contributed by atoms with Gasteiger partial charge in [-0.25, -0.2) is 9.78 Å². The van der Waals surface area contributed by atoms with Crippen LogP contribution < -0.4 is 5.32 Å². The third-order valence-electron chi connectivity index (χ3n) is 2.31. The average Bonchev–Trinajstić information content (AvgIpc) is 2.27. The second-order valence-corrected chi connectivity index (χ2v) is 3.73. The summed E-state index contributed by atoms with van der Waals surface area (Å²) in [6, 6.07) is 2.90. The zero-order valence-electron chi connectivity index (χ0n) is 9.45.